The highest BCUT2D eigenvalue weighted by Gasteiger charge is 2.39. The molecule has 6 nitrogen and oxygen atoms in total. The lowest BCUT2D eigenvalue weighted by Gasteiger charge is -2.19. The molecular weight excluding hydrogens is 345 g/mol. The molecule has 5 rings (SSSR count). The zero-order valence-electron chi connectivity index (χ0n) is 15.0. The third-order valence-corrected chi connectivity index (χ3v) is 5.26. The normalized spacial score (nSPS) is 17.9. The molecule has 2 aromatic heterocycles. The summed E-state index contributed by atoms with van der Waals surface area (Å²) in [5.41, 5.74) is 2.64. The van der Waals surface area contributed by atoms with Crippen LogP contribution in [-0.2, 0) is 0 Å². The maximum absolute atomic E-state index is 13.7. The number of benzene rings is 1. The quantitative estimate of drug-likeness (QED) is 0.751. The fourth-order valence-corrected chi connectivity index (χ4v) is 3.57. The van der Waals surface area contributed by atoms with Crippen molar-refractivity contribution < 1.29 is 9.18 Å². The molecule has 2 fully saturated rings. The van der Waals surface area contributed by atoms with Crippen LogP contribution in [0.1, 0.15) is 59.8 Å². The molecular formula is C20H20FN5O. The van der Waals surface area contributed by atoms with Gasteiger partial charge >= 0.3 is 0 Å². The van der Waals surface area contributed by atoms with E-state index in [4.69, 9.17) is 4.98 Å². The Labute approximate surface area is 155 Å². The van der Waals surface area contributed by atoms with Crippen molar-refractivity contribution in [3.63, 3.8) is 0 Å². The molecule has 2 aliphatic rings. The number of aryl methyl sites for hydroxylation is 1. The molecule has 0 radical (unpaired) electrons. The summed E-state index contributed by atoms with van der Waals surface area (Å²) in [5.74, 6) is 0.636. The van der Waals surface area contributed by atoms with Crippen molar-refractivity contribution in [2.24, 2.45) is 5.92 Å². The number of carbonyl (C=O) groups excluding carboxylic acids is 1. The highest BCUT2D eigenvalue weighted by Crippen LogP contribution is 2.45. The van der Waals surface area contributed by atoms with Gasteiger partial charge in [-0.15, -0.1) is 0 Å². The Morgan fingerprint density at radius 3 is 2.70 bits per heavy atom. The van der Waals surface area contributed by atoms with E-state index in [-0.39, 0.29) is 17.8 Å². The van der Waals surface area contributed by atoms with Crippen LogP contribution in [0.3, 0.4) is 0 Å². The van der Waals surface area contributed by atoms with Crippen LogP contribution >= 0.6 is 0 Å². The van der Waals surface area contributed by atoms with Gasteiger partial charge in [0.25, 0.3) is 5.91 Å². The zero-order chi connectivity index (χ0) is 18.5. The minimum Gasteiger partial charge on any atom is -0.340 e. The van der Waals surface area contributed by atoms with E-state index in [0.29, 0.717) is 23.2 Å². The second-order valence-corrected chi connectivity index (χ2v) is 7.54. The van der Waals surface area contributed by atoms with Crippen LogP contribution in [0.5, 0.6) is 0 Å². The van der Waals surface area contributed by atoms with Gasteiger partial charge in [0.2, 0.25) is 0 Å². The number of amides is 1. The second-order valence-electron chi connectivity index (χ2n) is 7.54. The second kappa shape index (κ2) is 6.11. The van der Waals surface area contributed by atoms with E-state index in [2.05, 4.69) is 19.9 Å². The van der Waals surface area contributed by atoms with Crippen LogP contribution in [-0.4, -0.2) is 25.4 Å². The average Bonchev–Trinajstić information content (AvgIpc) is 3.57. The predicted octanol–water partition coefficient (Wildman–Crippen LogP) is 3.49. The van der Waals surface area contributed by atoms with Crippen LogP contribution in [0, 0.1) is 18.7 Å². The Morgan fingerprint density at radius 2 is 2.04 bits per heavy atom. The molecule has 1 atom stereocenters. The Hall–Kier alpha value is -2.83. The van der Waals surface area contributed by atoms with E-state index in [0.717, 1.165) is 42.7 Å². The highest BCUT2D eigenvalue weighted by atomic mass is 19.1. The summed E-state index contributed by atoms with van der Waals surface area (Å²) in [6.45, 7) is 1.83. The zero-order valence-corrected chi connectivity index (χ0v) is 15.0. The summed E-state index contributed by atoms with van der Waals surface area (Å²) in [4.78, 5) is 25.8. The molecule has 0 saturated heterocycles. The number of nitrogens with one attached hydrogen (secondary N) is 1. The van der Waals surface area contributed by atoms with Gasteiger partial charge in [-0.2, -0.15) is 0 Å². The molecule has 1 N–H and O–H groups in total. The van der Waals surface area contributed by atoms with Gasteiger partial charge in [-0.1, -0.05) is 0 Å². The van der Waals surface area contributed by atoms with Crippen molar-refractivity contribution in [3.05, 3.63) is 53.6 Å². The van der Waals surface area contributed by atoms with Crippen molar-refractivity contribution in [2.75, 3.05) is 0 Å². The molecule has 0 aliphatic heterocycles. The van der Waals surface area contributed by atoms with Crippen molar-refractivity contribution >= 4 is 16.9 Å². The Kier molecular flexibility index (Phi) is 3.70. The van der Waals surface area contributed by atoms with Crippen molar-refractivity contribution in [1.29, 1.82) is 0 Å². The van der Waals surface area contributed by atoms with Crippen molar-refractivity contribution in [2.45, 2.75) is 44.7 Å². The summed E-state index contributed by atoms with van der Waals surface area (Å²) in [5, 5.41) is 3.11. The summed E-state index contributed by atoms with van der Waals surface area (Å²) < 4.78 is 15.9. The van der Waals surface area contributed by atoms with Gasteiger partial charge in [0.15, 0.2) is 0 Å². The third kappa shape index (κ3) is 3.07. The van der Waals surface area contributed by atoms with Crippen LogP contribution in [0.4, 0.5) is 4.39 Å². The summed E-state index contributed by atoms with van der Waals surface area (Å²) in [6, 6.07) is 4.91. The summed E-state index contributed by atoms with van der Waals surface area (Å²) in [6.07, 6.45) is 7.35. The van der Waals surface area contributed by atoms with Crippen LogP contribution in [0.25, 0.3) is 11.0 Å². The first kappa shape index (κ1) is 16.4. The number of imidazole rings is 1. The van der Waals surface area contributed by atoms with Gasteiger partial charge in [-0.3, -0.25) is 9.78 Å². The van der Waals surface area contributed by atoms with E-state index in [1.54, 1.807) is 12.3 Å². The van der Waals surface area contributed by atoms with E-state index < -0.39 is 0 Å². The SMILES string of the molecule is Cc1cnc(C(=O)N[C@H](c2nc3cc(F)ccc3n2C2CC2)C2CC2)cn1. The van der Waals surface area contributed by atoms with Crippen molar-refractivity contribution in [1.82, 2.24) is 24.8 Å². The first-order valence-corrected chi connectivity index (χ1v) is 9.37. The van der Waals surface area contributed by atoms with Crippen LogP contribution < -0.4 is 5.32 Å². The standard InChI is InChI=1S/C20H20FN5O/c1-11-9-23-16(10-22-11)20(27)25-18(12-2-3-12)19-24-15-8-13(21)4-7-17(15)26(19)14-5-6-14/h4,7-10,12,14,18H,2-3,5-6H2,1H3,(H,25,27)/t18-/m0/s1. The minimum absolute atomic E-state index is 0.198. The first-order chi connectivity index (χ1) is 13.1. The van der Waals surface area contributed by atoms with Gasteiger partial charge in [0.1, 0.15) is 17.3 Å². The maximum Gasteiger partial charge on any atom is 0.272 e. The number of hydrogen-bond acceptors (Lipinski definition) is 4. The lowest BCUT2D eigenvalue weighted by Crippen LogP contribution is -2.32. The van der Waals surface area contributed by atoms with Gasteiger partial charge < -0.3 is 9.88 Å². The average molecular weight is 365 g/mol. The lowest BCUT2D eigenvalue weighted by molar-refractivity contribution is 0.0923. The number of fused-ring (bicyclic) bond motifs is 1. The summed E-state index contributed by atoms with van der Waals surface area (Å²) >= 11 is 0. The smallest absolute Gasteiger partial charge is 0.272 e. The summed E-state index contributed by atoms with van der Waals surface area (Å²) in [7, 11) is 0. The molecule has 3 aromatic rings. The van der Waals surface area contributed by atoms with E-state index in [1.165, 1.54) is 18.3 Å². The fourth-order valence-electron chi connectivity index (χ4n) is 3.57. The van der Waals surface area contributed by atoms with Gasteiger partial charge in [-0.05, 0) is 50.7 Å². The number of aromatic nitrogens is 4. The van der Waals surface area contributed by atoms with E-state index in [9.17, 15) is 9.18 Å². The molecule has 0 bridgehead atoms. The lowest BCUT2D eigenvalue weighted by atomic mass is 10.1. The molecule has 27 heavy (non-hydrogen) atoms. The van der Waals surface area contributed by atoms with Gasteiger partial charge in [0.05, 0.1) is 29.0 Å². The number of nitrogens with zero attached hydrogens (tertiary/aromatic N) is 4. The van der Waals surface area contributed by atoms with Gasteiger partial charge in [-0.25, -0.2) is 14.4 Å². The molecule has 2 heterocycles. The first-order valence-electron chi connectivity index (χ1n) is 9.37. The topological polar surface area (TPSA) is 72.7 Å². The molecule has 1 aromatic carbocycles. The van der Waals surface area contributed by atoms with Crippen LogP contribution in [0.2, 0.25) is 0 Å². The number of hydrogen-bond donors (Lipinski definition) is 1. The molecule has 1 amide bonds. The molecule has 7 heteroatoms. The third-order valence-electron chi connectivity index (χ3n) is 5.26. The fraction of sp³-hybridized carbons (Fsp3) is 0.400. The number of carbonyl (C=O) groups is 1. The van der Waals surface area contributed by atoms with E-state index >= 15 is 0 Å². The number of halogens is 1. The Bertz CT molecular complexity index is 1020. The molecule has 138 valence electrons. The largest absolute Gasteiger partial charge is 0.340 e. The van der Waals surface area contributed by atoms with Crippen LogP contribution in [0.15, 0.2) is 30.6 Å². The minimum atomic E-state index is -0.295. The molecule has 0 unspecified atom stereocenters. The molecule has 2 saturated carbocycles. The number of rotatable bonds is 5. The monoisotopic (exact) mass is 365 g/mol. The molecule has 0 spiro atoms. The highest BCUT2D eigenvalue weighted by molar-refractivity contribution is 5.92. The maximum atomic E-state index is 13.7. The van der Waals surface area contributed by atoms with E-state index in [1.807, 2.05) is 6.92 Å². The Morgan fingerprint density at radius 1 is 1.22 bits per heavy atom. The Balaban J connectivity index is 1.53. The predicted molar refractivity (Wildman–Crippen MR) is 97.7 cm³/mol. The molecule has 2 aliphatic carbocycles. The van der Waals surface area contributed by atoms with Gasteiger partial charge in [0, 0.05) is 18.3 Å². The van der Waals surface area contributed by atoms with Crippen molar-refractivity contribution in [3.8, 4) is 0 Å².